The van der Waals surface area contributed by atoms with Crippen molar-refractivity contribution in [1.29, 1.82) is 0 Å². The summed E-state index contributed by atoms with van der Waals surface area (Å²) in [5.74, 6) is -0.704. The molecule has 2 heterocycles. The molecule has 0 radical (unpaired) electrons. The van der Waals surface area contributed by atoms with Gasteiger partial charge < -0.3 is 24.9 Å². The van der Waals surface area contributed by atoms with Gasteiger partial charge in [-0.2, -0.15) is 0 Å². The van der Waals surface area contributed by atoms with E-state index in [1.165, 1.54) is 18.4 Å². The molecule has 1 aromatic heterocycles. The standard InChI is InChI=1S/C21H27FN4O3/c1-15(24-20(27)7-8-23-21(28)19-4-3-13-29-19)17-14-16(22)5-6-18(17)26-11-9-25(2)10-12-26/h3-6,13-15H,7-12H2,1-2H3,(H,23,28)(H,24,27). The van der Waals surface area contributed by atoms with E-state index >= 15 is 0 Å². The van der Waals surface area contributed by atoms with Gasteiger partial charge in [-0.25, -0.2) is 4.39 Å². The Kier molecular flexibility index (Phi) is 6.87. The number of piperazine rings is 1. The van der Waals surface area contributed by atoms with Gasteiger partial charge in [-0.1, -0.05) is 0 Å². The number of halogens is 1. The third-order valence-electron chi connectivity index (χ3n) is 5.06. The Morgan fingerprint density at radius 1 is 1.21 bits per heavy atom. The van der Waals surface area contributed by atoms with Crippen molar-refractivity contribution in [3.05, 3.63) is 53.7 Å². The molecule has 0 aliphatic carbocycles. The summed E-state index contributed by atoms with van der Waals surface area (Å²) in [5.41, 5.74) is 1.70. The maximum atomic E-state index is 13.9. The highest BCUT2D eigenvalue weighted by molar-refractivity contribution is 5.91. The summed E-state index contributed by atoms with van der Waals surface area (Å²) < 4.78 is 18.9. The number of carbonyl (C=O) groups excluding carboxylic acids is 2. The van der Waals surface area contributed by atoms with Crippen molar-refractivity contribution in [3.63, 3.8) is 0 Å². The van der Waals surface area contributed by atoms with E-state index in [0.29, 0.717) is 0 Å². The van der Waals surface area contributed by atoms with Crippen molar-refractivity contribution in [2.45, 2.75) is 19.4 Å². The van der Waals surface area contributed by atoms with Gasteiger partial charge in [0.05, 0.1) is 12.3 Å². The lowest BCUT2D eigenvalue weighted by atomic mass is 10.0. The largest absolute Gasteiger partial charge is 0.459 e. The van der Waals surface area contributed by atoms with Gasteiger partial charge in [0.15, 0.2) is 5.76 Å². The first-order valence-electron chi connectivity index (χ1n) is 9.78. The van der Waals surface area contributed by atoms with Crippen LogP contribution in [0.25, 0.3) is 0 Å². The topological polar surface area (TPSA) is 77.8 Å². The van der Waals surface area contributed by atoms with Crippen LogP contribution in [0.2, 0.25) is 0 Å². The van der Waals surface area contributed by atoms with E-state index in [9.17, 15) is 14.0 Å². The predicted molar refractivity (Wildman–Crippen MR) is 108 cm³/mol. The fraction of sp³-hybridized carbons (Fsp3) is 0.429. The normalized spacial score (nSPS) is 15.8. The number of nitrogens with zero attached hydrogens (tertiary/aromatic N) is 2. The number of likely N-dealkylation sites (N-methyl/N-ethyl adjacent to an activating group) is 1. The van der Waals surface area contributed by atoms with Gasteiger partial charge >= 0.3 is 0 Å². The van der Waals surface area contributed by atoms with Crippen LogP contribution in [0.15, 0.2) is 41.0 Å². The van der Waals surface area contributed by atoms with Crippen LogP contribution in [0.1, 0.15) is 35.5 Å². The lowest BCUT2D eigenvalue weighted by molar-refractivity contribution is -0.121. The summed E-state index contributed by atoms with van der Waals surface area (Å²) in [4.78, 5) is 28.6. The van der Waals surface area contributed by atoms with Crippen LogP contribution in [0.4, 0.5) is 10.1 Å². The minimum atomic E-state index is -0.363. The molecular weight excluding hydrogens is 375 g/mol. The average molecular weight is 402 g/mol. The zero-order chi connectivity index (χ0) is 20.8. The molecule has 7 nitrogen and oxygen atoms in total. The van der Waals surface area contributed by atoms with E-state index in [0.717, 1.165) is 37.4 Å². The smallest absolute Gasteiger partial charge is 0.286 e. The Morgan fingerprint density at radius 3 is 2.66 bits per heavy atom. The predicted octanol–water partition coefficient (Wildman–Crippen LogP) is 2.17. The maximum absolute atomic E-state index is 13.9. The molecule has 1 fully saturated rings. The van der Waals surface area contributed by atoms with Crippen molar-refractivity contribution in [2.24, 2.45) is 0 Å². The molecule has 0 spiro atoms. The van der Waals surface area contributed by atoms with Crippen LogP contribution in [0.5, 0.6) is 0 Å². The molecule has 1 aliphatic rings. The molecule has 2 aromatic rings. The SMILES string of the molecule is CC(NC(=O)CCNC(=O)c1ccco1)c1cc(F)ccc1N1CCN(C)CC1. The second-order valence-corrected chi connectivity index (χ2v) is 7.27. The van der Waals surface area contributed by atoms with Crippen LogP contribution < -0.4 is 15.5 Å². The van der Waals surface area contributed by atoms with Crippen LogP contribution in [0.3, 0.4) is 0 Å². The van der Waals surface area contributed by atoms with Crippen LogP contribution in [-0.2, 0) is 4.79 Å². The first kappa shape index (κ1) is 20.9. The van der Waals surface area contributed by atoms with Gasteiger partial charge in [0.2, 0.25) is 5.91 Å². The number of carbonyl (C=O) groups is 2. The van der Waals surface area contributed by atoms with E-state index in [2.05, 4.69) is 27.5 Å². The molecule has 1 aliphatic heterocycles. The minimum Gasteiger partial charge on any atom is -0.459 e. The zero-order valence-corrected chi connectivity index (χ0v) is 16.8. The van der Waals surface area contributed by atoms with Gasteiger partial charge in [-0.3, -0.25) is 9.59 Å². The van der Waals surface area contributed by atoms with Crippen molar-refractivity contribution in [3.8, 4) is 0 Å². The molecule has 1 saturated heterocycles. The molecule has 2 amide bonds. The average Bonchev–Trinajstić information content (AvgIpc) is 3.23. The quantitative estimate of drug-likeness (QED) is 0.742. The number of benzene rings is 1. The molecule has 2 N–H and O–H groups in total. The molecule has 8 heteroatoms. The van der Waals surface area contributed by atoms with Crippen LogP contribution in [0, 0.1) is 5.82 Å². The first-order valence-corrected chi connectivity index (χ1v) is 9.78. The number of anilines is 1. The lowest BCUT2D eigenvalue weighted by Crippen LogP contribution is -2.45. The fourth-order valence-electron chi connectivity index (χ4n) is 3.38. The molecule has 156 valence electrons. The monoisotopic (exact) mass is 402 g/mol. The van der Waals surface area contributed by atoms with Crippen LogP contribution >= 0.6 is 0 Å². The zero-order valence-electron chi connectivity index (χ0n) is 16.8. The minimum absolute atomic E-state index is 0.121. The third kappa shape index (κ3) is 5.57. The first-order chi connectivity index (χ1) is 13.9. The van der Waals surface area contributed by atoms with Gasteiger partial charge in [-0.05, 0) is 44.3 Å². The second-order valence-electron chi connectivity index (χ2n) is 7.27. The maximum Gasteiger partial charge on any atom is 0.286 e. The van der Waals surface area contributed by atoms with E-state index < -0.39 is 0 Å². The third-order valence-corrected chi connectivity index (χ3v) is 5.06. The highest BCUT2D eigenvalue weighted by atomic mass is 19.1. The summed E-state index contributed by atoms with van der Waals surface area (Å²) in [7, 11) is 2.08. The number of hydrogen-bond donors (Lipinski definition) is 2. The summed E-state index contributed by atoms with van der Waals surface area (Å²) >= 11 is 0. The molecule has 3 rings (SSSR count). The molecule has 1 unspecified atom stereocenters. The molecule has 1 atom stereocenters. The summed E-state index contributed by atoms with van der Waals surface area (Å²) in [5, 5.41) is 5.54. The van der Waals surface area contributed by atoms with Crippen LogP contribution in [-0.4, -0.2) is 56.5 Å². The van der Waals surface area contributed by atoms with Gasteiger partial charge in [0.1, 0.15) is 5.82 Å². The van der Waals surface area contributed by atoms with E-state index in [1.807, 2.05) is 6.92 Å². The van der Waals surface area contributed by atoms with Crippen molar-refractivity contribution >= 4 is 17.5 Å². The Balaban J connectivity index is 1.56. The Morgan fingerprint density at radius 2 is 1.97 bits per heavy atom. The fourth-order valence-corrected chi connectivity index (χ4v) is 3.38. The van der Waals surface area contributed by atoms with Gasteiger partial charge in [0.25, 0.3) is 5.91 Å². The van der Waals surface area contributed by atoms with Crippen molar-refractivity contribution in [1.82, 2.24) is 15.5 Å². The summed E-state index contributed by atoms with van der Waals surface area (Å²) in [6, 6.07) is 7.55. The van der Waals surface area contributed by atoms with Crippen molar-refractivity contribution in [2.75, 3.05) is 44.7 Å². The Bertz CT molecular complexity index is 832. The van der Waals surface area contributed by atoms with Crippen molar-refractivity contribution < 1.29 is 18.4 Å². The molecule has 1 aromatic carbocycles. The molecule has 29 heavy (non-hydrogen) atoms. The summed E-state index contributed by atoms with van der Waals surface area (Å²) in [6.45, 7) is 5.61. The number of hydrogen-bond acceptors (Lipinski definition) is 5. The lowest BCUT2D eigenvalue weighted by Gasteiger charge is -2.36. The number of rotatable bonds is 7. The highest BCUT2D eigenvalue weighted by Crippen LogP contribution is 2.28. The molecule has 0 saturated carbocycles. The van der Waals surface area contributed by atoms with E-state index in [-0.39, 0.29) is 42.4 Å². The summed E-state index contributed by atoms with van der Waals surface area (Å²) in [6.07, 6.45) is 1.54. The Hall–Kier alpha value is -2.87. The molecule has 0 bridgehead atoms. The second kappa shape index (κ2) is 9.56. The number of nitrogens with one attached hydrogen (secondary N) is 2. The number of amides is 2. The molecular formula is C21H27FN4O3. The number of furan rings is 1. The van der Waals surface area contributed by atoms with E-state index in [4.69, 9.17) is 4.42 Å². The van der Waals surface area contributed by atoms with Gasteiger partial charge in [-0.15, -0.1) is 0 Å². The van der Waals surface area contributed by atoms with E-state index in [1.54, 1.807) is 18.2 Å². The van der Waals surface area contributed by atoms with Gasteiger partial charge in [0, 0.05) is 50.4 Å². The highest BCUT2D eigenvalue weighted by Gasteiger charge is 2.21. The Labute approximate surface area is 169 Å².